The Hall–Kier alpha value is -2.86. The maximum Gasteiger partial charge on any atom is 0.271 e. The quantitative estimate of drug-likeness (QED) is 0.712. The summed E-state index contributed by atoms with van der Waals surface area (Å²) in [5.41, 5.74) is 1.66. The molecule has 5 rings (SSSR count). The summed E-state index contributed by atoms with van der Waals surface area (Å²) in [5.74, 6) is 0.698. The number of halogens is 1. The van der Waals surface area contributed by atoms with E-state index in [-0.39, 0.29) is 23.8 Å². The average Bonchev–Trinajstić information content (AvgIpc) is 3.40. The maximum atomic E-state index is 13.2. The van der Waals surface area contributed by atoms with Crippen LogP contribution in [0.2, 0.25) is 0 Å². The number of rotatable bonds is 4. The Kier molecular flexibility index (Phi) is 3.86. The summed E-state index contributed by atoms with van der Waals surface area (Å²) < 4.78 is 20.8. The van der Waals surface area contributed by atoms with Gasteiger partial charge in [-0.1, -0.05) is 12.1 Å². The van der Waals surface area contributed by atoms with E-state index in [1.807, 2.05) is 35.4 Å². The van der Waals surface area contributed by atoms with Crippen molar-refractivity contribution in [2.75, 3.05) is 13.1 Å². The fourth-order valence-electron chi connectivity index (χ4n) is 4.32. The van der Waals surface area contributed by atoms with Gasteiger partial charge in [0.2, 0.25) is 0 Å². The number of fused-ring (bicyclic) bond motifs is 3. The van der Waals surface area contributed by atoms with Gasteiger partial charge in [0.15, 0.2) is 0 Å². The van der Waals surface area contributed by atoms with E-state index in [2.05, 4.69) is 9.47 Å². The summed E-state index contributed by atoms with van der Waals surface area (Å²) >= 11 is 0. The molecule has 5 nitrogen and oxygen atoms in total. The second-order valence-corrected chi connectivity index (χ2v) is 7.27. The van der Waals surface area contributed by atoms with E-state index >= 15 is 0 Å². The van der Waals surface area contributed by atoms with Crippen LogP contribution in [0.1, 0.15) is 27.9 Å². The van der Waals surface area contributed by atoms with E-state index in [1.54, 1.807) is 18.4 Å². The standard InChI is InChI=1S/C21H20FN3O2/c22-16-7-5-15(6-8-16)11-25-20-14-23(12-17-3-2-10-27-17)13-19(20)24-9-1-4-18(24)21(25)26/h1-10,19-20H,11-14H2/t19-,20-/m0/s1. The predicted molar refractivity (Wildman–Crippen MR) is 97.5 cm³/mol. The van der Waals surface area contributed by atoms with Gasteiger partial charge in [-0.2, -0.15) is 0 Å². The lowest BCUT2D eigenvalue weighted by Gasteiger charge is -2.38. The molecule has 0 bridgehead atoms. The van der Waals surface area contributed by atoms with Gasteiger partial charge < -0.3 is 13.9 Å². The SMILES string of the molecule is O=C1c2cccn2[C@H]2CN(Cc3ccco3)C[C@@H]2N1Cc1ccc(F)cc1. The minimum atomic E-state index is -0.263. The highest BCUT2D eigenvalue weighted by Gasteiger charge is 2.44. The third-order valence-corrected chi connectivity index (χ3v) is 5.58. The number of aromatic nitrogens is 1. The number of nitrogens with zero attached hydrogens (tertiary/aromatic N) is 3. The van der Waals surface area contributed by atoms with E-state index in [0.717, 1.165) is 36.7 Å². The number of carbonyl (C=O) groups excluding carboxylic acids is 1. The monoisotopic (exact) mass is 365 g/mol. The van der Waals surface area contributed by atoms with Gasteiger partial charge in [0.1, 0.15) is 17.3 Å². The molecule has 2 aliphatic rings. The molecule has 4 heterocycles. The zero-order chi connectivity index (χ0) is 18.4. The Balaban J connectivity index is 1.44. The highest BCUT2D eigenvalue weighted by atomic mass is 19.1. The molecule has 2 aliphatic heterocycles. The summed E-state index contributed by atoms with van der Waals surface area (Å²) in [4.78, 5) is 17.4. The van der Waals surface area contributed by atoms with Gasteiger partial charge in [-0.05, 0) is 42.0 Å². The first-order valence-corrected chi connectivity index (χ1v) is 9.16. The highest BCUT2D eigenvalue weighted by Crippen LogP contribution is 2.35. The second kappa shape index (κ2) is 6.39. The van der Waals surface area contributed by atoms with Gasteiger partial charge in [-0.15, -0.1) is 0 Å². The zero-order valence-electron chi connectivity index (χ0n) is 14.8. The third kappa shape index (κ3) is 2.86. The summed E-state index contributed by atoms with van der Waals surface area (Å²) in [6.45, 7) is 2.87. The van der Waals surface area contributed by atoms with Crippen LogP contribution in [0.4, 0.5) is 4.39 Å². The van der Waals surface area contributed by atoms with Crippen LogP contribution in [0.15, 0.2) is 65.4 Å². The molecule has 27 heavy (non-hydrogen) atoms. The molecule has 1 fully saturated rings. The summed E-state index contributed by atoms with van der Waals surface area (Å²) in [5, 5.41) is 0. The molecular formula is C21H20FN3O2. The lowest BCUT2D eigenvalue weighted by molar-refractivity contribution is 0.0556. The molecule has 1 amide bonds. The van der Waals surface area contributed by atoms with Crippen LogP contribution in [0, 0.1) is 5.82 Å². The number of hydrogen-bond acceptors (Lipinski definition) is 3. The normalized spacial score (nSPS) is 22.1. The Bertz CT molecular complexity index is 948. The van der Waals surface area contributed by atoms with E-state index in [0.29, 0.717) is 6.54 Å². The van der Waals surface area contributed by atoms with Crippen molar-refractivity contribution in [2.24, 2.45) is 0 Å². The Morgan fingerprint density at radius 2 is 1.81 bits per heavy atom. The first-order chi connectivity index (χ1) is 13.2. The molecule has 2 atom stereocenters. The number of hydrogen-bond donors (Lipinski definition) is 0. The third-order valence-electron chi connectivity index (χ3n) is 5.58. The van der Waals surface area contributed by atoms with Crippen LogP contribution >= 0.6 is 0 Å². The van der Waals surface area contributed by atoms with E-state index in [1.165, 1.54) is 12.1 Å². The number of amides is 1. The van der Waals surface area contributed by atoms with Gasteiger partial charge in [-0.3, -0.25) is 9.69 Å². The van der Waals surface area contributed by atoms with Crippen molar-refractivity contribution in [2.45, 2.75) is 25.2 Å². The smallest absolute Gasteiger partial charge is 0.271 e. The molecule has 1 aromatic carbocycles. The van der Waals surface area contributed by atoms with Crippen LogP contribution < -0.4 is 0 Å². The fraction of sp³-hybridized carbons (Fsp3) is 0.286. The van der Waals surface area contributed by atoms with Gasteiger partial charge in [-0.25, -0.2) is 4.39 Å². The van der Waals surface area contributed by atoms with Crippen molar-refractivity contribution in [3.05, 3.63) is 83.8 Å². The van der Waals surface area contributed by atoms with Gasteiger partial charge >= 0.3 is 0 Å². The van der Waals surface area contributed by atoms with Crippen LogP contribution in [-0.4, -0.2) is 39.4 Å². The number of benzene rings is 1. The van der Waals surface area contributed by atoms with Crippen molar-refractivity contribution >= 4 is 5.91 Å². The number of carbonyl (C=O) groups is 1. The molecule has 3 aromatic rings. The summed E-state index contributed by atoms with van der Waals surface area (Å²) in [7, 11) is 0. The molecule has 2 aromatic heterocycles. The Morgan fingerprint density at radius 3 is 2.59 bits per heavy atom. The predicted octanol–water partition coefficient (Wildman–Crippen LogP) is 3.30. The molecule has 6 heteroatoms. The lowest BCUT2D eigenvalue weighted by Crippen LogP contribution is -2.49. The number of likely N-dealkylation sites (tertiary alicyclic amines) is 1. The largest absolute Gasteiger partial charge is 0.468 e. The number of furan rings is 1. The van der Waals surface area contributed by atoms with Crippen LogP contribution in [-0.2, 0) is 13.1 Å². The Labute approximate surface area is 156 Å². The molecule has 138 valence electrons. The van der Waals surface area contributed by atoms with Gasteiger partial charge in [0.05, 0.1) is 24.9 Å². The molecule has 0 saturated carbocycles. The van der Waals surface area contributed by atoms with Crippen molar-refractivity contribution in [1.82, 2.24) is 14.4 Å². The molecule has 0 unspecified atom stereocenters. The topological polar surface area (TPSA) is 41.6 Å². The van der Waals surface area contributed by atoms with Crippen molar-refractivity contribution in [1.29, 1.82) is 0 Å². The first-order valence-electron chi connectivity index (χ1n) is 9.16. The fourth-order valence-corrected chi connectivity index (χ4v) is 4.32. The van der Waals surface area contributed by atoms with Crippen LogP contribution in [0.25, 0.3) is 0 Å². The second-order valence-electron chi connectivity index (χ2n) is 7.27. The zero-order valence-corrected chi connectivity index (χ0v) is 14.8. The van der Waals surface area contributed by atoms with Gasteiger partial charge in [0.25, 0.3) is 5.91 Å². The minimum absolute atomic E-state index is 0.0328. The first kappa shape index (κ1) is 16.3. The molecular weight excluding hydrogens is 345 g/mol. The van der Waals surface area contributed by atoms with Crippen LogP contribution in [0.5, 0.6) is 0 Å². The van der Waals surface area contributed by atoms with Crippen molar-refractivity contribution in [3.63, 3.8) is 0 Å². The van der Waals surface area contributed by atoms with Gasteiger partial charge in [0, 0.05) is 25.8 Å². The lowest BCUT2D eigenvalue weighted by atomic mass is 10.0. The average molecular weight is 365 g/mol. The van der Waals surface area contributed by atoms with E-state index in [4.69, 9.17) is 4.42 Å². The molecule has 1 saturated heterocycles. The summed E-state index contributed by atoms with van der Waals surface area (Å²) in [6, 6.07) is 14.4. The van der Waals surface area contributed by atoms with E-state index < -0.39 is 0 Å². The summed E-state index contributed by atoms with van der Waals surface area (Å²) in [6.07, 6.45) is 3.68. The molecule has 0 radical (unpaired) electrons. The minimum Gasteiger partial charge on any atom is -0.468 e. The van der Waals surface area contributed by atoms with E-state index in [9.17, 15) is 9.18 Å². The molecule has 0 spiro atoms. The van der Waals surface area contributed by atoms with Crippen molar-refractivity contribution < 1.29 is 13.6 Å². The van der Waals surface area contributed by atoms with Crippen LogP contribution in [0.3, 0.4) is 0 Å². The Morgan fingerprint density at radius 1 is 1.00 bits per heavy atom. The maximum absolute atomic E-state index is 13.2. The van der Waals surface area contributed by atoms with Crippen molar-refractivity contribution in [3.8, 4) is 0 Å². The molecule has 0 aliphatic carbocycles. The molecule has 0 N–H and O–H groups in total. The highest BCUT2D eigenvalue weighted by molar-refractivity contribution is 5.94.